The minimum atomic E-state index is 0.181. The van der Waals surface area contributed by atoms with Gasteiger partial charge in [0.15, 0.2) is 0 Å². The van der Waals surface area contributed by atoms with Crippen LogP contribution in [0.5, 0.6) is 5.75 Å². The van der Waals surface area contributed by atoms with Crippen LogP contribution in [0.1, 0.15) is 37.5 Å². The number of rotatable bonds is 4. The molecule has 3 heteroatoms. The molecule has 112 valence electrons. The molecule has 0 radical (unpaired) electrons. The number of nitrogens with two attached hydrogens (primary N) is 1. The van der Waals surface area contributed by atoms with Crippen LogP contribution in [0.4, 0.5) is 0 Å². The smallest absolute Gasteiger partial charge is 0.134 e. The molecule has 0 aliphatic heterocycles. The summed E-state index contributed by atoms with van der Waals surface area (Å²) in [5.74, 6) is 0.840. The SMILES string of the molecule is CC(C)(C)c1ccc(COc2ccc(CN)cc2Br)cc1. The highest BCUT2D eigenvalue weighted by molar-refractivity contribution is 9.10. The van der Waals surface area contributed by atoms with Gasteiger partial charge in [-0.05, 0) is 50.2 Å². The molecule has 0 unspecified atom stereocenters. The number of halogens is 1. The second-order valence-corrected chi connectivity index (χ2v) is 7.06. The molecular formula is C18H22BrNO. The standard InChI is InChI=1S/C18H22BrNO/c1-18(2,3)15-7-4-13(5-8-15)12-21-17-9-6-14(11-20)10-16(17)19/h4-10H,11-12,20H2,1-3H3. The van der Waals surface area contributed by atoms with Crippen molar-refractivity contribution in [3.05, 3.63) is 63.6 Å². The molecule has 0 bridgehead atoms. The normalized spacial score (nSPS) is 11.5. The molecule has 0 aromatic heterocycles. The predicted octanol–water partition coefficient (Wildman–Crippen LogP) is 4.78. The summed E-state index contributed by atoms with van der Waals surface area (Å²) in [6.07, 6.45) is 0. The predicted molar refractivity (Wildman–Crippen MR) is 91.5 cm³/mol. The van der Waals surface area contributed by atoms with Crippen molar-refractivity contribution in [3.8, 4) is 5.75 Å². The third-order valence-corrected chi connectivity index (χ3v) is 4.07. The zero-order valence-corrected chi connectivity index (χ0v) is 14.4. The first-order chi connectivity index (χ1) is 9.90. The molecule has 2 nitrogen and oxygen atoms in total. The van der Waals surface area contributed by atoms with Crippen molar-refractivity contribution in [3.63, 3.8) is 0 Å². The molecule has 0 aliphatic carbocycles. The lowest BCUT2D eigenvalue weighted by Crippen LogP contribution is -2.10. The fourth-order valence-electron chi connectivity index (χ4n) is 2.05. The van der Waals surface area contributed by atoms with Crippen molar-refractivity contribution in [2.45, 2.75) is 39.3 Å². The van der Waals surface area contributed by atoms with Crippen molar-refractivity contribution in [1.82, 2.24) is 0 Å². The van der Waals surface area contributed by atoms with Crippen LogP contribution in [0.15, 0.2) is 46.9 Å². The third-order valence-electron chi connectivity index (χ3n) is 3.45. The van der Waals surface area contributed by atoms with Crippen molar-refractivity contribution >= 4 is 15.9 Å². The van der Waals surface area contributed by atoms with E-state index < -0.39 is 0 Å². The maximum Gasteiger partial charge on any atom is 0.134 e. The quantitative estimate of drug-likeness (QED) is 0.863. The summed E-state index contributed by atoms with van der Waals surface area (Å²) in [7, 11) is 0. The van der Waals surface area contributed by atoms with Crippen molar-refractivity contribution in [2.24, 2.45) is 5.73 Å². The molecule has 2 aromatic carbocycles. The first-order valence-corrected chi connectivity index (χ1v) is 7.90. The van der Waals surface area contributed by atoms with Gasteiger partial charge in [-0.1, -0.05) is 51.1 Å². The van der Waals surface area contributed by atoms with Gasteiger partial charge in [-0.3, -0.25) is 0 Å². The highest BCUT2D eigenvalue weighted by Gasteiger charge is 2.12. The second-order valence-electron chi connectivity index (χ2n) is 6.20. The molecule has 2 rings (SSSR count). The Hall–Kier alpha value is -1.32. The highest BCUT2D eigenvalue weighted by atomic mass is 79.9. The molecule has 2 N–H and O–H groups in total. The van der Waals surface area contributed by atoms with E-state index >= 15 is 0 Å². The Morgan fingerprint density at radius 2 is 1.62 bits per heavy atom. The average molecular weight is 348 g/mol. The van der Waals surface area contributed by atoms with Crippen molar-refractivity contribution in [2.75, 3.05) is 0 Å². The Balaban J connectivity index is 2.03. The lowest BCUT2D eigenvalue weighted by molar-refractivity contribution is 0.304. The Bertz CT molecular complexity index is 600. The lowest BCUT2D eigenvalue weighted by Gasteiger charge is -2.19. The number of ether oxygens (including phenoxy) is 1. The van der Waals surface area contributed by atoms with Crippen LogP contribution < -0.4 is 10.5 Å². The van der Waals surface area contributed by atoms with Gasteiger partial charge in [-0.25, -0.2) is 0 Å². The molecule has 0 saturated carbocycles. The Morgan fingerprint density at radius 1 is 1.00 bits per heavy atom. The van der Waals surface area contributed by atoms with E-state index in [0.29, 0.717) is 13.2 Å². The lowest BCUT2D eigenvalue weighted by atomic mass is 9.87. The van der Waals surface area contributed by atoms with E-state index in [9.17, 15) is 0 Å². The van der Waals surface area contributed by atoms with E-state index in [-0.39, 0.29) is 5.41 Å². The summed E-state index contributed by atoms with van der Waals surface area (Å²) in [5, 5.41) is 0. The van der Waals surface area contributed by atoms with Gasteiger partial charge in [-0.2, -0.15) is 0 Å². The monoisotopic (exact) mass is 347 g/mol. The van der Waals surface area contributed by atoms with Crippen LogP contribution in [-0.2, 0) is 18.6 Å². The molecule has 0 heterocycles. The fourth-order valence-corrected chi connectivity index (χ4v) is 2.59. The zero-order valence-electron chi connectivity index (χ0n) is 12.8. The van der Waals surface area contributed by atoms with Gasteiger partial charge in [0.05, 0.1) is 4.47 Å². The van der Waals surface area contributed by atoms with E-state index in [1.54, 1.807) is 0 Å². The van der Waals surface area contributed by atoms with Gasteiger partial charge in [0, 0.05) is 6.54 Å². The molecule has 0 fully saturated rings. The van der Waals surface area contributed by atoms with Gasteiger partial charge in [0.25, 0.3) is 0 Å². The summed E-state index contributed by atoms with van der Waals surface area (Å²) >= 11 is 3.52. The molecule has 2 aromatic rings. The maximum absolute atomic E-state index is 5.86. The molecular weight excluding hydrogens is 326 g/mol. The number of hydrogen-bond acceptors (Lipinski definition) is 2. The number of hydrogen-bond donors (Lipinski definition) is 1. The molecule has 21 heavy (non-hydrogen) atoms. The summed E-state index contributed by atoms with van der Waals surface area (Å²) < 4.78 is 6.80. The zero-order chi connectivity index (χ0) is 15.5. The van der Waals surface area contributed by atoms with Gasteiger partial charge in [0.2, 0.25) is 0 Å². The molecule has 0 saturated heterocycles. The fraction of sp³-hybridized carbons (Fsp3) is 0.333. The first-order valence-electron chi connectivity index (χ1n) is 7.11. The first kappa shape index (κ1) is 16.1. The van der Waals surface area contributed by atoms with Crippen LogP contribution in [-0.4, -0.2) is 0 Å². The van der Waals surface area contributed by atoms with Crippen molar-refractivity contribution in [1.29, 1.82) is 0 Å². The third kappa shape index (κ3) is 4.32. The van der Waals surface area contributed by atoms with Gasteiger partial charge in [-0.15, -0.1) is 0 Å². The molecule has 0 amide bonds. The summed E-state index contributed by atoms with van der Waals surface area (Å²) in [6, 6.07) is 14.5. The molecule has 0 aliphatic rings. The van der Waals surface area contributed by atoms with E-state index in [0.717, 1.165) is 21.3 Å². The van der Waals surface area contributed by atoms with Crippen LogP contribution >= 0.6 is 15.9 Å². The number of benzene rings is 2. The minimum Gasteiger partial charge on any atom is -0.488 e. The second kappa shape index (κ2) is 6.63. The largest absolute Gasteiger partial charge is 0.488 e. The Labute approximate surface area is 135 Å². The highest BCUT2D eigenvalue weighted by Crippen LogP contribution is 2.27. The van der Waals surface area contributed by atoms with Gasteiger partial charge < -0.3 is 10.5 Å². The molecule has 0 atom stereocenters. The Kier molecular flexibility index (Phi) is 5.07. The average Bonchev–Trinajstić information content (AvgIpc) is 2.45. The van der Waals surface area contributed by atoms with E-state index in [1.165, 1.54) is 5.56 Å². The summed E-state index contributed by atoms with van der Waals surface area (Å²) in [4.78, 5) is 0. The van der Waals surface area contributed by atoms with Crippen molar-refractivity contribution < 1.29 is 4.74 Å². The van der Waals surface area contributed by atoms with Gasteiger partial charge in [0.1, 0.15) is 12.4 Å². The Morgan fingerprint density at radius 3 is 2.14 bits per heavy atom. The van der Waals surface area contributed by atoms with Crippen LogP contribution in [0.3, 0.4) is 0 Å². The van der Waals surface area contributed by atoms with E-state index in [2.05, 4.69) is 61.0 Å². The minimum absolute atomic E-state index is 0.181. The molecule has 0 spiro atoms. The summed E-state index contributed by atoms with van der Waals surface area (Å²) in [6.45, 7) is 7.75. The van der Waals surface area contributed by atoms with Crippen LogP contribution in [0, 0.1) is 0 Å². The van der Waals surface area contributed by atoms with Gasteiger partial charge >= 0.3 is 0 Å². The van der Waals surface area contributed by atoms with Crippen LogP contribution in [0.25, 0.3) is 0 Å². The maximum atomic E-state index is 5.86. The van der Waals surface area contributed by atoms with E-state index in [1.807, 2.05) is 18.2 Å². The topological polar surface area (TPSA) is 35.2 Å². The van der Waals surface area contributed by atoms with E-state index in [4.69, 9.17) is 10.5 Å². The summed E-state index contributed by atoms with van der Waals surface area (Å²) in [5.41, 5.74) is 9.39. The van der Waals surface area contributed by atoms with Crippen LogP contribution in [0.2, 0.25) is 0 Å².